The second-order valence-electron chi connectivity index (χ2n) is 9.20. The minimum atomic E-state index is -0.543. The molecule has 8 heteroatoms. The van der Waals surface area contributed by atoms with Crippen molar-refractivity contribution >= 4 is 17.7 Å². The van der Waals surface area contributed by atoms with Gasteiger partial charge < -0.3 is 10.1 Å². The largest absolute Gasteiger partial charge is 0.482 e. The molecule has 4 fully saturated rings. The number of carbonyl (C=O) groups is 3. The van der Waals surface area contributed by atoms with Gasteiger partial charge in [0.15, 0.2) is 6.61 Å². The Balaban J connectivity index is 1.14. The average molecular weight is 425 g/mol. The molecule has 1 aromatic carbocycles. The van der Waals surface area contributed by atoms with Gasteiger partial charge in [0.2, 0.25) is 11.8 Å². The van der Waals surface area contributed by atoms with Crippen LogP contribution in [-0.4, -0.2) is 30.9 Å². The number of nitriles is 1. The molecule has 0 saturated heterocycles. The summed E-state index contributed by atoms with van der Waals surface area (Å²) in [5, 5.41) is 12.0. The highest BCUT2D eigenvalue weighted by molar-refractivity contribution is 5.85. The molecule has 4 bridgehead atoms. The predicted molar refractivity (Wildman–Crippen MR) is 111 cm³/mol. The van der Waals surface area contributed by atoms with Gasteiger partial charge in [-0.15, -0.1) is 0 Å². The summed E-state index contributed by atoms with van der Waals surface area (Å²) in [5.41, 5.74) is 4.70. The molecular weight excluding hydrogens is 396 g/mol. The van der Waals surface area contributed by atoms with Crippen LogP contribution in [0.1, 0.15) is 50.5 Å². The van der Waals surface area contributed by atoms with E-state index in [-0.39, 0.29) is 30.9 Å². The molecule has 0 heterocycles. The summed E-state index contributed by atoms with van der Waals surface area (Å²) in [7, 11) is 0. The Bertz CT molecular complexity index is 872. The van der Waals surface area contributed by atoms with Crippen LogP contribution in [0.4, 0.5) is 0 Å². The highest BCUT2D eigenvalue weighted by Gasteiger charge is 2.54. The third-order valence-corrected chi connectivity index (χ3v) is 6.87. The van der Waals surface area contributed by atoms with Crippen LogP contribution in [0, 0.1) is 34.5 Å². The van der Waals surface area contributed by atoms with Crippen LogP contribution in [0.15, 0.2) is 24.3 Å². The first-order valence-electron chi connectivity index (χ1n) is 11.0. The van der Waals surface area contributed by atoms with Crippen molar-refractivity contribution in [2.75, 3.05) is 13.2 Å². The van der Waals surface area contributed by atoms with Gasteiger partial charge in [0.1, 0.15) is 11.8 Å². The number of carbonyl (C=O) groups excluding carboxylic acids is 3. The van der Waals surface area contributed by atoms with Gasteiger partial charge in [0, 0.05) is 18.4 Å². The van der Waals surface area contributed by atoms with Gasteiger partial charge >= 0.3 is 0 Å². The van der Waals surface area contributed by atoms with Crippen molar-refractivity contribution in [1.29, 1.82) is 5.26 Å². The number of nitrogens with zero attached hydrogens (tertiary/aromatic N) is 1. The molecule has 4 aliphatic carbocycles. The predicted octanol–water partition coefficient (Wildman–Crippen LogP) is 1.81. The zero-order valence-corrected chi connectivity index (χ0v) is 17.5. The fraction of sp³-hybridized carbons (Fsp3) is 0.565. The average Bonchev–Trinajstić information content (AvgIpc) is 2.75. The van der Waals surface area contributed by atoms with E-state index in [4.69, 9.17) is 10.00 Å². The number of nitrogens with one attached hydrogen (secondary N) is 3. The molecule has 5 rings (SSSR count). The molecule has 0 aliphatic heterocycles. The quantitative estimate of drug-likeness (QED) is 0.577. The van der Waals surface area contributed by atoms with Crippen molar-refractivity contribution in [2.45, 2.75) is 44.9 Å². The second-order valence-corrected chi connectivity index (χ2v) is 9.20. The third kappa shape index (κ3) is 4.82. The molecule has 164 valence electrons. The van der Waals surface area contributed by atoms with Crippen LogP contribution < -0.4 is 20.9 Å². The van der Waals surface area contributed by atoms with E-state index in [0.29, 0.717) is 29.1 Å². The van der Waals surface area contributed by atoms with Gasteiger partial charge in [-0.1, -0.05) is 12.1 Å². The number of amides is 3. The maximum absolute atomic E-state index is 12.9. The van der Waals surface area contributed by atoms with E-state index in [1.54, 1.807) is 24.3 Å². The van der Waals surface area contributed by atoms with Crippen LogP contribution >= 0.6 is 0 Å². The van der Waals surface area contributed by atoms with E-state index in [0.717, 1.165) is 19.3 Å². The van der Waals surface area contributed by atoms with Crippen molar-refractivity contribution in [1.82, 2.24) is 16.2 Å². The molecular formula is C23H28N4O4. The standard InChI is InChI=1S/C23H28N4O4/c24-13-18-3-1-2-4-19(18)31-14-21(29)27-26-20(28)5-6-25-22(30)23-10-15-7-16(11-23)9-17(8-15)12-23/h1-4,15-17H,5-12,14H2,(H,25,30)(H,26,28)(H,27,29). The summed E-state index contributed by atoms with van der Waals surface area (Å²) in [5.74, 6) is 1.54. The van der Waals surface area contributed by atoms with E-state index < -0.39 is 11.8 Å². The maximum Gasteiger partial charge on any atom is 0.276 e. The van der Waals surface area contributed by atoms with Crippen LogP contribution in [0.5, 0.6) is 5.75 Å². The summed E-state index contributed by atoms with van der Waals surface area (Å²) in [4.78, 5) is 36.7. The second kappa shape index (κ2) is 8.96. The Labute approximate surface area is 181 Å². The van der Waals surface area contributed by atoms with E-state index >= 15 is 0 Å². The molecule has 0 radical (unpaired) electrons. The summed E-state index contributed by atoms with van der Waals surface area (Å²) in [6.07, 6.45) is 6.88. The van der Waals surface area contributed by atoms with Crippen LogP contribution in [0.2, 0.25) is 0 Å². The topological polar surface area (TPSA) is 120 Å². The summed E-state index contributed by atoms with van der Waals surface area (Å²) < 4.78 is 5.31. The molecule has 0 atom stereocenters. The SMILES string of the molecule is N#Cc1ccccc1OCC(=O)NNC(=O)CCNC(=O)C12CC3CC(CC(C3)C1)C2. The van der Waals surface area contributed by atoms with Gasteiger partial charge in [-0.3, -0.25) is 25.2 Å². The van der Waals surface area contributed by atoms with Crippen molar-refractivity contribution in [3.8, 4) is 11.8 Å². The lowest BCUT2D eigenvalue weighted by Crippen LogP contribution is -2.54. The van der Waals surface area contributed by atoms with Gasteiger partial charge in [-0.05, 0) is 68.4 Å². The van der Waals surface area contributed by atoms with Crippen LogP contribution in [0.25, 0.3) is 0 Å². The molecule has 3 N–H and O–H groups in total. The number of hydrogen-bond acceptors (Lipinski definition) is 5. The number of hydrazine groups is 1. The molecule has 31 heavy (non-hydrogen) atoms. The molecule has 3 amide bonds. The Morgan fingerprint density at radius 2 is 1.61 bits per heavy atom. The Morgan fingerprint density at radius 1 is 1.00 bits per heavy atom. The van der Waals surface area contributed by atoms with Crippen molar-refractivity contribution in [3.05, 3.63) is 29.8 Å². The number of para-hydroxylation sites is 1. The Morgan fingerprint density at radius 3 is 2.26 bits per heavy atom. The lowest BCUT2D eigenvalue weighted by Gasteiger charge is -2.55. The van der Waals surface area contributed by atoms with E-state index in [2.05, 4.69) is 16.2 Å². The first-order chi connectivity index (χ1) is 15.0. The van der Waals surface area contributed by atoms with Crippen molar-refractivity contribution in [2.24, 2.45) is 23.2 Å². The Kier molecular flexibility index (Phi) is 6.12. The molecule has 4 saturated carbocycles. The van der Waals surface area contributed by atoms with Crippen LogP contribution in [0.3, 0.4) is 0 Å². The first-order valence-corrected chi connectivity index (χ1v) is 11.0. The third-order valence-electron chi connectivity index (χ3n) is 6.87. The first kappa shape index (κ1) is 21.2. The molecule has 8 nitrogen and oxygen atoms in total. The summed E-state index contributed by atoms with van der Waals surface area (Å²) in [6, 6.07) is 8.57. The Hall–Kier alpha value is -3.08. The number of rotatable bonds is 7. The minimum absolute atomic E-state index is 0.0799. The maximum atomic E-state index is 12.9. The lowest BCUT2D eigenvalue weighted by molar-refractivity contribution is -0.146. The zero-order valence-electron chi connectivity index (χ0n) is 17.5. The fourth-order valence-corrected chi connectivity index (χ4v) is 5.93. The number of hydrogen-bond donors (Lipinski definition) is 3. The van der Waals surface area contributed by atoms with Crippen LogP contribution in [-0.2, 0) is 14.4 Å². The molecule has 0 aromatic heterocycles. The molecule has 0 unspecified atom stereocenters. The van der Waals surface area contributed by atoms with Gasteiger partial charge in [0.05, 0.1) is 5.56 Å². The van der Waals surface area contributed by atoms with Crippen molar-refractivity contribution in [3.63, 3.8) is 0 Å². The van der Waals surface area contributed by atoms with E-state index in [9.17, 15) is 14.4 Å². The smallest absolute Gasteiger partial charge is 0.276 e. The fourth-order valence-electron chi connectivity index (χ4n) is 5.93. The minimum Gasteiger partial charge on any atom is -0.482 e. The molecule has 0 spiro atoms. The van der Waals surface area contributed by atoms with Gasteiger partial charge in [-0.2, -0.15) is 5.26 Å². The van der Waals surface area contributed by atoms with E-state index in [1.807, 2.05) is 6.07 Å². The highest BCUT2D eigenvalue weighted by atomic mass is 16.5. The summed E-state index contributed by atoms with van der Waals surface area (Å²) in [6.45, 7) is -0.0872. The van der Waals surface area contributed by atoms with Gasteiger partial charge in [-0.25, -0.2) is 0 Å². The zero-order chi connectivity index (χ0) is 21.8. The lowest BCUT2D eigenvalue weighted by atomic mass is 9.49. The number of benzene rings is 1. The van der Waals surface area contributed by atoms with Gasteiger partial charge in [0.25, 0.3) is 5.91 Å². The normalized spacial score (nSPS) is 27.8. The highest BCUT2D eigenvalue weighted by Crippen LogP contribution is 2.60. The monoisotopic (exact) mass is 424 g/mol. The van der Waals surface area contributed by atoms with E-state index in [1.165, 1.54) is 19.3 Å². The molecule has 4 aliphatic rings. The van der Waals surface area contributed by atoms with Crippen molar-refractivity contribution < 1.29 is 19.1 Å². The summed E-state index contributed by atoms with van der Waals surface area (Å²) >= 11 is 0. The molecule has 1 aromatic rings. The number of ether oxygens (including phenoxy) is 1.